The number of hydrogen-bond acceptors (Lipinski definition) is 7. The summed E-state index contributed by atoms with van der Waals surface area (Å²) in [5.74, 6) is 0.652. The van der Waals surface area contributed by atoms with Crippen molar-refractivity contribution in [3.63, 3.8) is 0 Å². The highest BCUT2D eigenvalue weighted by Crippen LogP contribution is 2.35. The van der Waals surface area contributed by atoms with Crippen molar-refractivity contribution in [1.29, 1.82) is 0 Å². The van der Waals surface area contributed by atoms with Gasteiger partial charge in [-0.3, -0.25) is 14.6 Å². The van der Waals surface area contributed by atoms with E-state index in [9.17, 15) is 9.59 Å². The van der Waals surface area contributed by atoms with Crippen molar-refractivity contribution < 1.29 is 19.1 Å². The van der Waals surface area contributed by atoms with E-state index in [1.54, 1.807) is 7.11 Å². The number of amides is 2. The van der Waals surface area contributed by atoms with Crippen LogP contribution in [0.4, 0.5) is 0 Å². The van der Waals surface area contributed by atoms with Gasteiger partial charge in [0.05, 0.1) is 25.1 Å². The van der Waals surface area contributed by atoms with Gasteiger partial charge in [0, 0.05) is 30.3 Å². The Morgan fingerprint density at radius 1 is 1.10 bits per heavy atom. The van der Waals surface area contributed by atoms with Crippen molar-refractivity contribution >= 4 is 17.5 Å². The number of benzene rings is 2. The SMILES string of the molecule is CCC1CC(=O)N(C(NC(=O)c2cnccn2)c2ccccc2)N=C1c1ccc(OC)c(OC2CCCC2)c1. The molecule has 1 aromatic heterocycles. The molecule has 3 aromatic rings. The second-order valence-corrected chi connectivity index (χ2v) is 9.80. The Hall–Kier alpha value is -4.27. The van der Waals surface area contributed by atoms with Gasteiger partial charge in [0.2, 0.25) is 5.91 Å². The Morgan fingerprint density at radius 3 is 2.59 bits per heavy atom. The number of nitrogens with one attached hydrogen (secondary N) is 1. The first kappa shape index (κ1) is 26.3. The van der Waals surface area contributed by atoms with E-state index in [-0.39, 0.29) is 30.0 Å². The topological polar surface area (TPSA) is 106 Å². The fourth-order valence-electron chi connectivity index (χ4n) is 5.14. The van der Waals surface area contributed by atoms with Crippen LogP contribution in [0.3, 0.4) is 0 Å². The van der Waals surface area contributed by atoms with Gasteiger partial charge in [-0.05, 0) is 55.9 Å². The van der Waals surface area contributed by atoms with E-state index in [1.807, 2.05) is 55.5 Å². The van der Waals surface area contributed by atoms with Crippen LogP contribution in [0.1, 0.15) is 73.2 Å². The zero-order chi connectivity index (χ0) is 27.2. The van der Waals surface area contributed by atoms with E-state index >= 15 is 0 Å². The third-order valence-corrected chi connectivity index (χ3v) is 7.25. The molecular weight excluding hydrogens is 494 g/mol. The number of hydrazone groups is 1. The van der Waals surface area contributed by atoms with Gasteiger partial charge >= 0.3 is 0 Å². The number of rotatable bonds is 9. The average Bonchev–Trinajstić information content (AvgIpc) is 3.50. The summed E-state index contributed by atoms with van der Waals surface area (Å²) in [5, 5.41) is 9.22. The molecule has 202 valence electrons. The van der Waals surface area contributed by atoms with E-state index in [4.69, 9.17) is 14.6 Å². The van der Waals surface area contributed by atoms with Crippen LogP contribution in [0.2, 0.25) is 0 Å². The van der Waals surface area contributed by atoms with E-state index in [0.29, 0.717) is 11.5 Å². The van der Waals surface area contributed by atoms with Crippen LogP contribution in [0, 0.1) is 5.92 Å². The molecule has 2 unspecified atom stereocenters. The van der Waals surface area contributed by atoms with Gasteiger partial charge < -0.3 is 14.8 Å². The Morgan fingerprint density at radius 2 is 1.90 bits per heavy atom. The molecule has 2 atom stereocenters. The van der Waals surface area contributed by atoms with Crippen LogP contribution in [0.15, 0.2) is 72.2 Å². The molecule has 1 N–H and O–H groups in total. The number of aromatic nitrogens is 2. The zero-order valence-corrected chi connectivity index (χ0v) is 22.2. The van der Waals surface area contributed by atoms with E-state index in [1.165, 1.54) is 23.6 Å². The molecule has 0 radical (unpaired) electrons. The van der Waals surface area contributed by atoms with Gasteiger partial charge in [-0.15, -0.1) is 0 Å². The lowest BCUT2D eigenvalue weighted by atomic mass is 9.89. The summed E-state index contributed by atoms with van der Waals surface area (Å²) in [7, 11) is 1.63. The number of methoxy groups -OCH3 is 1. The predicted molar refractivity (Wildman–Crippen MR) is 146 cm³/mol. The molecule has 2 heterocycles. The van der Waals surface area contributed by atoms with Crippen molar-refractivity contribution in [2.45, 2.75) is 57.7 Å². The Kier molecular flexibility index (Phi) is 8.15. The first-order valence-electron chi connectivity index (χ1n) is 13.4. The minimum atomic E-state index is -0.825. The van der Waals surface area contributed by atoms with Gasteiger partial charge in [-0.1, -0.05) is 37.3 Å². The van der Waals surface area contributed by atoms with Crippen molar-refractivity contribution in [2.24, 2.45) is 11.0 Å². The molecule has 2 aromatic carbocycles. The molecule has 2 aliphatic rings. The van der Waals surface area contributed by atoms with E-state index < -0.39 is 12.1 Å². The maximum atomic E-state index is 13.5. The lowest BCUT2D eigenvalue weighted by Gasteiger charge is -2.35. The average molecular weight is 528 g/mol. The van der Waals surface area contributed by atoms with Crippen LogP contribution in [0.25, 0.3) is 0 Å². The molecule has 1 aliphatic heterocycles. The van der Waals surface area contributed by atoms with E-state index in [0.717, 1.165) is 48.9 Å². The lowest BCUT2D eigenvalue weighted by molar-refractivity contribution is -0.135. The van der Waals surface area contributed by atoms with Crippen molar-refractivity contribution in [3.05, 3.63) is 83.9 Å². The van der Waals surface area contributed by atoms with Crippen LogP contribution in [-0.4, -0.2) is 45.7 Å². The highest BCUT2D eigenvalue weighted by atomic mass is 16.5. The number of carbonyl (C=O) groups is 2. The largest absolute Gasteiger partial charge is 0.493 e. The summed E-state index contributed by atoms with van der Waals surface area (Å²) in [6.07, 6.45) is 9.07. The molecular formula is C30H33N5O4. The van der Waals surface area contributed by atoms with Gasteiger partial charge in [0.15, 0.2) is 17.7 Å². The zero-order valence-electron chi connectivity index (χ0n) is 22.2. The Labute approximate surface area is 228 Å². The molecule has 5 rings (SSSR count). The van der Waals surface area contributed by atoms with Gasteiger partial charge in [-0.25, -0.2) is 9.99 Å². The summed E-state index contributed by atoms with van der Waals surface area (Å²) in [5.41, 5.74) is 2.51. The highest BCUT2D eigenvalue weighted by Gasteiger charge is 2.35. The molecule has 9 nitrogen and oxygen atoms in total. The molecule has 9 heteroatoms. The molecule has 1 fully saturated rings. The third-order valence-electron chi connectivity index (χ3n) is 7.25. The molecule has 0 spiro atoms. The Bertz CT molecular complexity index is 1330. The summed E-state index contributed by atoms with van der Waals surface area (Å²) in [6.45, 7) is 2.05. The van der Waals surface area contributed by atoms with Crippen molar-refractivity contribution in [3.8, 4) is 11.5 Å². The van der Waals surface area contributed by atoms with Crippen molar-refractivity contribution in [2.75, 3.05) is 7.11 Å². The maximum absolute atomic E-state index is 13.5. The number of hydrogen-bond donors (Lipinski definition) is 1. The molecule has 0 bridgehead atoms. The van der Waals surface area contributed by atoms with Crippen LogP contribution < -0.4 is 14.8 Å². The second kappa shape index (κ2) is 12.1. The quantitative estimate of drug-likeness (QED) is 0.424. The Balaban J connectivity index is 1.52. The smallest absolute Gasteiger partial charge is 0.273 e. The monoisotopic (exact) mass is 527 g/mol. The maximum Gasteiger partial charge on any atom is 0.273 e. The first-order valence-corrected chi connectivity index (χ1v) is 13.4. The molecule has 1 aliphatic carbocycles. The van der Waals surface area contributed by atoms with Gasteiger partial charge in [0.25, 0.3) is 5.91 Å². The van der Waals surface area contributed by atoms with Crippen LogP contribution >= 0.6 is 0 Å². The summed E-state index contributed by atoms with van der Waals surface area (Å²) < 4.78 is 11.9. The molecule has 2 amide bonds. The number of ether oxygens (including phenoxy) is 2. The van der Waals surface area contributed by atoms with Crippen molar-refractivity contribution in [1.82, 2.24) is 20.3 Å². The molecule has 0 saturated heterocycles. The minimum Gasteiger partial charge on any atom is -0.493 e. The fraction of sp³-hybridized carbons (Fsp3) is 0.367. The number of nitrogens with zero attached hydrogens (tertiary/aromatic N) is 4. The van der Waals surface area contributed by atoms with Gasteiger partial charge in [-0.2, -0.15) is 5.10 Å². The normalized spacial score (nSPS) is 18.4. The highest BCUT2D eigenvalue weighted by molar-refractivity contribution is 6.06. The summed E-state index contributed by atoms with van der Waals surface area (Å²) >= 11 is 0. The van der Waals surface area contributed by atoms with Crippen LogP contribution in [-0.2, 0) is 4.79 Å². The predicted octanol–water partition coefficient (Wildman–Crippen LogP) is 4.90. The lowest BCUT2D eigenvalue weighted by Crippen LogP contribution is -2.46. The second-order valence-electron chi connectivity index (χ2n) is 9.80. The standard InChI is InChI=1S/C30H33N5O4/c1-3-20-18-27(36)35(29(21-9-5-4-6-10-21)33-30(37)24-19-31-15-16-32-24)34-28(20)22-13-14-25(38-2)26(17-22)39-23-11-7-8-12-23/h4-6,9-10,13-17,19-20,23,29H,3,7-8,11-12,18H2,1-2H3,(H,33,37). The fourth-order valence-corrected chi connectivity index (χ4v) is 5.14. The summed E-state index contributed by atoms with van der Waals surface area (Å²) in [4.78, 5) is 34.7. The first-order chi connectivity index (χ1) is 19.1. The van der Waals surface area contributed by atoms with Crippen LogP contribution in [0.5, 0.6) is 11.5 Å². The third kappa shape index (κ3) is 5.92. The minimum absolute atomic E-state index is 0.0754. The molecule has 1 saturated carbocycles. The molecule has 39 heavy (non-hydrogen) atoms. The number of carbonyl (C=O) groups excluding carboxylic acids is 2. The van der Waals surface area contributed by atoms with Gasteiger partial charge in [0.1, 0.15) is 5.69 Å². The van der Waals surface area contributed by atoms with E-state index in [2.05, 4.69) is 15.3 Å². The summed E-state index contributed by atoms with van der Waals surface area (Å²) in [6, 6.07) is 15.1.